The number of alkyl halides is 3. The van der Waals surface area contributed by atoms with Gasteiger partial charge in [-0.3, -0.25) is 9.59 Å². The van der Waals surface area contributed by atoms with Crippen molar-refractivity contribution in [2.24, 2.45) is 11.8 Å². The standard InChI is InChI=1S/C26H27F3N2O4/c27-26(28,29)19-7-3-6-18(11-19)20-13-31(25(33)17-4-1-2-5-17)14-21(20)24(32)30-12-16-8-9-22-23(10-16)35-15-34-22/h3,6-11,17,20-21H,1-2,4-5,12-15H2,(H,30,32). The average Bonchev–Trinajstić information content (AvgIpc) is 3.62. The highest BCUT2D eigenvalue weighted by molar-refractivity contribution is 5.84. The number of rotatable bonds is 5. The zero-order valence-corrected chi connectivity index (χ0v) is 19.1. The normalized spacial score (nSPS) is 22.0. The van der Waals surface area contributed by atoms with Gasteiger partial charge in [0.05, 0.1) is 11.5 Å². The molecule has 2 atom stereocenters. The summed E-state index contributed by atoms with van der Waals surface area (Å²) >= 11 is 0. The van der Waals surface area contributed by atoms with Gasteiger partial charge >= 0.3 is 6.18 Å². The van der Waals surface area contributed by atoms with E-state index in [2.05, 4.69) is 5.32 Å². The van der Waals surface area contributed by atoms with E-state index in [9.17, 15) is 22.8 Å². The van der Waals surface area contributed by atoms with Crippen molar-refractivity contribution in [3.8, 4) is 11.5 Å². The molecule has 1 saturated carbocycles. The van der Waals surface area contributed by atoms with E-state index < -0.39 is 23.6 Å². The van der Waals surface area contributed by atoms with Crippen LogP contribution in [-0.2, 0) is 22.3 Å². The Morgan fingerprint density at radius 1 is 1.00 bits per heavy atom. The Kier molecular flexibility index (Phi) is 6.34. The van der Waals surface area contributed by atoms with Gasteiger partial charge in [0.25, 0.3) is 0 Å². The number of halogens is 3. The van der Waals surface area contributed by atoms with Crippen molar-refractivity contribution in [2.45, 2.75) is 44.3 Å². The molecule has 1 aliphatic carbocycles. The Hall–Kier alpha value is -3.23. The molecule has 0 spiro atoms. The molecule has 2 amide bonds. The average molecular weight is 489 g/mol. The lowest BCUT2D eigenvalue weighted by molar-refractivity contribution is -0.138. The molecule has 2 aromatic rings. The molecule has 0 bridgehead atoms. The summed E-state index contributed by atoms with van der Waals surface area (Å²) in [6.07, 6.45) is -0.832. The molecule has 5 rings (SSSR count). The van der Waals surface area contributed by atoms with Gasteiger partial charge in [-0.15, -0.1) is 0 Å². The number of benzene rings is 2. The molecule has 2 fully saturated rings. The zero-order valence-electron chi connectivity index (χ0n) is 19.1. The van der Waals surface area contributed by atoms with E-state index >= 15 is 0 Å². The number of carbonyl (C=O) groups excluding carboxylic acids is 2. The van der Waals surface area contributed by atoms with Crippen LogP contribution in [0.25, 0.3) is 0 Å². The van der Waals surface area contributed by atoms with Crippen molar-refractivity contribution in [1.29, 1.82) is 0 Å². The number of amides is 2. The fourth-order valence-electron chi connectivity index (χ4n) is 5.33. The van der Waals surface area contributed by atoms with E-state index in [1.807, 2.05) is 6.07 Å². The van der Waals surface area contributed by atoms with E-state index in [1.165, 1.54) is 6.07 Å². The Labute approximate surface area is 201 Å². The highest BCUT2D eigenvalue weighted by Gasteiger charge is 2.43. The maximum absolute atomic E-state index is 13.4. The Morgan fingerprint density at radius 2 is 1.77 bits per heavy atom. The summed E-state index contributed by atoms with van der Waals surface area (Å²) in [6.45, 7) is 0.816. The highest BCUT2D eigenvalue weighted by Crippen LogP contribution is 2.38. The number of hydrogen-bond acceptors (Lipinski definition) is 4. The lowest BCUT2D eigenvalue weighted by atomic mass is 9.87. The zero-order chi connectivity index (χ0) is 24.6. The first-order chi connectivity index (χ1) is 16.8. The number of nitrogens with zero attached hydrogens (tertiary/aromatic N) is 1. The maximum atomic E-state index is 13.4. The van der Waals surface area contributed by atoms with Crippen molar-refractivity contribution in [3.05, 3.63) is 59.2 Å². The van der Waals surface area contributed by atoms with Crippen LogP contribution in [0.3, 0.4) is 0 Å². The summed E-state index contributed by atoms with van der Waals surface area (Å²) in [5.41, 5.74) is 0.481. The van der Waals surface area contributed by atoms with Gasteiger partial charge in [-0.2, -0.15) is 13.2 Å². The van der Waals surface area contributed by atoms with E-state index in [4.69, 9.17) is 9.47 Å². The molecular weight excluding hydrogens is 461 g/mol. The van der Waals surface area contributed by atoms with E-state index in [1.54, 1.807) is 23.1 Å². The van der Waals surface area contributed by atoms with E-state index in [0.29, 0.717) is 17.1 Å². The SMILES string of the molecule is O=C(NCc1ccc2c(c1)OCO2)C1CN(C(=O)C2CCCC2)CC1c1cccc(C(F)(F)F)c1. The van der Waals surface area contributed by atoms with E-state index in [0.717, 1.165) is 43.4 Å². The van der Waals surface area contributed by atoms with Gasteiger partial charge in [-0.25, -0.2) is 0 Å². The number of fused-ring (bicyclic) bond motifs is 1. The fraction of sp³-hybridized carbons (Fsp3) is 0.462. The number of likely N-dealkylation sites (tertiary alicyclic amines) is 1. The van der Waals surface area contributed by atoms with Gasteiger partial charge in [-0.05, 0) is 42.2 Å². The van der Waals surface area contributed by atoms with Crippen LogP contribution < -0.4 is 14.8 Å². The van der Waals surface area contributed by atoms with Gasteiger partial charge in [0.2, 0.25) is 18.6 Å². The van der Waals surface area contributed by atoms with Gasteiger partial charge in [0.1, 0.15) is 0 Å². The lowest BCUT2D eigenvalue weighted by Gasteiger charge is -2.20. The van der Waals surface area contributed by atoms with Crippen LogP contribution in [-0.4, -0.2) is 36.6 Å². The summed E-state index contributed by atoms with van der Waals surface area (Å²) in [4.78, 5) is 28.0. The van der Waals surface area contributed by atoms with Crippen LogP contribution >= 0.6 is 0 Å². The molecule has 0 aromatic heterocycles. The molecule has 3 aliphatic rings. The third-order valence-corrected chi connectivity index (χ3v) is 7.22. The van der Waals surface area contributed by atoms with Crippen LogP contribution in [0.4, 0.5) is 13.2 Å². The molecule has 9 heteroatoms. The molecule has 6 nitrogen and oxygen atoms in total. The van der Waals surface area contributed by atoms with Crippen LogP contribution in [0.2, 0.25) is 0 Å². The van der Waals surface area contributed by atoms with Crippen molar-refractivity contribution in [2.75, 3.05) is 19.9 Å². The van der Waals surface area contributed by atoms with Gasteiger partial charge in [0.15, 0.2) is 11.5 Å². The second kappa shape index (κ2) is 9.43. The summed E-state index contributed by atoms with van der Waals surface area (Å²) in [5, 5.41) is 2.91. The summed E-state index contributed by atoms with van der Waals surface area (Å²) in [5.74, 6) is -0.253. The molecule has 35 heavy (non-hydrogen) atoms. The molecule has 1 N–H and O–H groups in total. The smallest absolute Gasteiger partial charge is 0.416 e. The number of nitrogens with one attached hydrogen (secondary N) is 1. The largest absolute Gasteiger partial charge is 0.454 e. The minimum Gasteiger partial charge on any atom is -0.454 e. The van der Waals surface area contributed by atoms with Crippen molar-refractivity contribution in [1.82, 2.24) is 10.2 Å². The second-order valence-electron chi connectivity index (χ2n) is 9.47. The third kappa shape index (κ3) is 4.94. The van der Waals surface area contributed by atoms with Crippen LogP contribution in [0.15, 0.2) is 42.5 Å². The Morgan fingerprint density at radius 3 is 2.54 bits per heavy atom. The minimum absolute atomic E-state index is 0.00514. The minimum atomic E-state index is -4.48. The summed E-state index contributed by atoms with van der Waals surface area (Å²) in [7, 11) is 0. The van der Waals surface area contributed by atoms with Gasteiger partial charge in [-0.1, -0.05) is 37.1 Å². The van der Waals surface area contributed by atoms with Crippen LogP contribution in [0.1, 0.15) is 48.3 Å². The molecule has 2 unspecified atom stereocenters. The summed E-state index contributed by atoms with van der Waals surface area (Å²) < 4.78 is 50.8. The van der Waals surface area contributed by atoms with Gasteiger partial charge < -0.3 is 19.7 Å². The molecule has 0 radical (unpaired) electrons. The molecule has 2 heterocycles. The van der Waals surface area contributed by atoms with Crippen molar-refractivity contribution < 1.29 is 32.2 Å². The third-order valence-electron chi connectivity index (χ3n) is 7.22. The topological polar surface area (TPSA) is 67.9 Å². The molecule has 1 saturated heterocycles. The predicted octanol–water partition coefficient (Wildman–Crippen LogP) is 4.48. The maximum Gasteiger partial charge on any atom is 0.416 e. The first-order valence-corrected chi connectivity index (χ1v) is 11.9. The van der Waals surface area contributed by atoms with Crippen molar-refractivity contribution >= 4 is 11.8 Å². The quantitative estimate of drug-likeness (QED) is 0.674. The monoisotopic (exact) mass is 488 g/mol. The van der Waals surface area contributed by atoms with Crippen molar-refractivity contribution in [3.63, 3.8) is 0 Å². The first kappa shape index (κ1) is 23.5. The molecule has 186 valence electrons. The number of hydrogen-bond donors (Lipinski definition) is 1. The number of ether oxygens (including phenoxy) is 2. The summed E-state index contributed by atoms with van der Waals surface area (Å²) in [6, 6.07) is 10.5. The first-order valence-electron chi connectivity index (χ1n) is 11.9. The van der Waals surface area contributed by atoms with Crippen LogP contribution in [0, 0.1) is 11.8 Å². The Balaban J connectivity index is 1.35. The lowest BCUT2D eigenvalue weighted by Crippen LogP contribution is -2.36. The number of carbonyl (C=O) groups is 2. The predicted molar refractivity (Wildman–Crippen MR) is 121 cm³/mol. The molecular formula is C26H27F3N2O4. The Bertz CT molecular complexity index is 1110. The highest BCUT2D eigenvalue weighted by atomic mass is 19.4. The van der Waals surface area contributed by atoms with Crippen LogP contribution in [0.5, 0.6) is 11.5 Å². The van der Waals surface area contributed by atoms with E-state index in [-0.39, 0.29) is 44.2 Å². The fourth-order valence-corrected chi connectivity index (χ4v) is 5.33. The molecule has 2 aliphatic heterocycles. The second-order valence-corrected chi connectivity index (χ2v) is 9.47. The molecule has 2 aromatic carbocycles. The van der Waals surface area contributed by atoms with Gasteiger partial charge in [0, 0.05) is 31.5 Å².